The summed E-state index contributed by atoms with van der Waals surface area (Å²) < 4.78 is 0. The summed E-state index contributed by atoms with van der Waals surface area (Å²) in [6, 6.07) is 7.57. The van der Waals surface area contributed by atoms with Crippen LogP contribution in [0.15, 0.2) is 24.3 Å². The number of likely N-dealkylation sites (N-methyl/N-ethyl adjacent to an activating group) is 1. The number of hydrogen-bond acceptors (Lipinski definition) is 2. The van der Waals surface area contributed by atoms with E-state index >= 15 is 0 Å². The minimum atomic E-state index is 0.0988. The zero-order valence-electron chi connectivity index (χ0n) is 12.0. The van der Waals surface area contributed by atoms with E-state index in [2.05, 4.69) is 16.9 Å². The predicted molar refractivity (Wildman–Crippen MR) is 83.8 cm³/mol. The third-order valence-corrected chi connectivity index (χ3v) is 5.16. The number of carbonyl (C=O) groups excluding carboxylic acids is 1. The first-order valence-electron chi connectivity index (χ1n) is 7.36. The van der Waals surface area contributed by atoms with Crippen LogP contribution in [0.1, 0.15) is 23.3 Å². The number of H-pyrrole nitrogens is 1. The molecule has 1 saturated carbocycles. The maximum atomic E-state index is 12.7. The summed E-state index contributed by atoms with van der Waals surface area (Å²) in [6.07, 6.45) is 2.41. The Morgan fingerprint density at radius 2 is 2.10 bits per heavy atom. The summed E-state index contributed by atoms with van der Waals surface area (Å²) in [5.74, 6) is 0.0988. The van der Waals surface area contributed by atoms with Gasteiger partial charge in [0.25, 0.3) is 5.91 Å². The summed E-state index contributed by atoms with van der Waals surface area (Å²) >= 11 is 6.00. The molecule has 1 aliphatic heterocycles. The molecule has 1 aromatic heterocycles. The second-order valence-electron chi connectivity index (χ2n) is 6.29. The number of rotatable bonds is 1. The van der Waals surface area contributed by atoms with E-state index in [1.165, 1.54) is 12.8 Å². The van der Waals surface area contributed by atoms with Gasteiger partial charge in [0.1, 0.15) is 5.69 Å². The molecule has 0 atom stereocenters. The van der Waals surface area contributed by atoms with Crippen molar-refractivity contribution in [3.8, 4) is 0 Å². The van der Waals surface area contributed by atoms with Gasteiger partial charge >= 0.3 is 0 Å². The minimum Gasteiger partial charge on any atom is -0.350 e. The van der Waals surface area contributed by atoms with E-state index < -0.39 is 0 Å². The van der Waals surface area contributed by atoms with Gasteiger partial charge in [0.15, 0.2) is 0 Å². The Bertz CT molecular complexity index is 719. The van der Waals surface area contributed by atoms with Crippen molar-refractivity contribution in [2.45, 2.75) is 18.4 Å². The van der Waals surface area contributed by atoms with Crippen molar-refractivity contribution in [2.24, 2.45) is 0 Å². The quantitative estimate of drug-likeness (QED) is 0.880. The Morgan fingerprint density at radius 1 is 1.29 bits per heavy atom. The Hall–Kier alpha value is -1.52. The van der Waals surface area contributed by atoms with E-state index in [0.29, 0.717) is 10.7 Å². The number of nitrogens with one attached hydrogen (secondary N) is 1. The van der Waals surface area contributed by atoms with Crippen molar-refractivity contribution < 1.29 is 4.79 Å². The predicted octanol–water partition coefficient (Wildman–Crippen LogP) is 2.74. The van der Waals surface area contributed by atoms with Crippen molar-refractivity contribution in [3.05, 3.63) is 35.0 Å². The van der Waals surface area contributed by atoms with Gasteiger partial charge in [0.05, 0.1) is 0 Å². The number of benzene rings is 1. The number of carbonyl (C=O) groups is 1. The van der Waals surface area contributed by atoms with Crippen LogP contribution >= 0.6 is 11.6 Å². The van der Waals surface area contributed by atoms with Gasteiger partial charge in [-0.05, 0) is 38.1 Å². The van der Waals surface area contributed by atoms with Gasteiger partial charge in [-0.3, -0.25) is 9.69 Å². The number of fused-ring (bicyclic) bond motifs is 1. The highest BCUT2D eigenvalue weighted by molar-refractivity contribution is 6.31. The maximum Gasteiger partial charge on any atom is 0.270 e. The monoisotopic (exact) mass is 303 g/mol. The molecule has 1 aliphatic carbocycles. The van der Waals surface area contributed by atoms with Crippen LogP contribution in [0.2, 0.25) is 5.02 Å². The number of hydrogen-bond donors (Lipinski definition) is 1. The molecule has 4 rings (SSSR count). The summed E-state index contributed by atoms with van der Waals surface area (Å²) in [5.41, 5.74) is 1.83. The molecule has 110 valence electrons. The van der Waals surface area contributed by atoms with Crippen molar-refractivity contribution in [2.75, 3.05) is 26.7 Å². The molecule has 2 heterocycles. The first-order valence-corrected chi connectivity index (χ1v) is 7.74. The third-order valence-electron chi connectivity index (χ3n) is 4.93. The van der Waals surface area contributed by atoms with Crippen molar-refractivity contribution in [1.82, 2.24) is 14.8 Å². The lowest BCUT2D eigenvalue weighted by molar-refractivity contribution is 0.0493. The molecule has 5 heteroatoms. The van der Waals surface area contributed by atoms with E-state index in [4.69, 9.17) is 11.6 Å². The summed E-state index contributed by atoms with van der Waals surface area (Å²) in [4.78, 5) is 20.3. The Morgan fingerprint density at radius 3 is 2.86 bits per heavy atom. The number of halogens is 1. The molecule has 4 nitrogen and oxygen atoms in total. The average Bonchev–Trinajstić information content (AvgIpc) is 3.11. The molecule has 2 fully saturated rings. The standard InChI is InChI=1S/C16H18ClN3O/c1-19-6-7-20(10-16(19)4-5-16)15(21)14-8-11-2-3-12(17)9-13(11)18-14/h2-3,8-9,18H,4-7,10H2,1H3. The molecule has 2 aliphatic rings. The Kier molecular flexibility index (Phi) is 2.81. The highest BCUT2D eigenvalue weighted by atomic mass is 35.5. The maximum absolute atomic E-state index is 12.7. The van der Waals surface area contributed by atoms with Crippen molar-refractivity contribution >= 4 is 28.4 Å². The topological polar surface area (TPSA) is 39.3 Å². The number of aromatic amines is 1. The molecule has 2 aromatic rings. The third kappa shape index (κ3) is 2.14. The van der Waals surface area contributed by atoms with Gasteiger partial charge in [0, 0.05) is 41.1 Å². The van der Waals surface area contributed by atoms with Crippen LogP contribution in [0, 0.1) is 0 Å². The smallest absolute Gasteiger partial charge is 0.270 e. The largest absolute Gasteiger partial charge is 0.350 e. The molecule has 1 spiro atoms. The highest BCUT2D eigenvalue weighted by Gasteiger charge is 2.50. The first-order chi connectivity index (χ1) is 10.1. The fraction of sp³-hybridized carbons (Fsp3) is 0.438. The summed E-state index contributed by atoms with van der Waals surface area (Å²) in [7, 11) is 2.17. The lowest BCUT2D eigenvalue weighted by atomic mass is 10.1. The van der Waals surface area contributed by atoms with Gasteiger partial charge in [-0.25, -0.2) is 0 Å². The van der Waals surface area contributed by atoms with Crippen LogP contribution in [0.4, 0.5) is 0 Å². The van der Waals surface area contributed by atoms with Gasteiger partial charge in [-0.1, -0.05) is 17.7 Å². The lowest BCUT2D eigenvalue weighted by Gasteiger charge is -2.39. The fourth-order valence-corrected chi connectivity index (χ4v) is 3.48. The zero-order valence-corrected chi connectivity index (χ0v) is 12.8. The Balaban J connectivity index is 1.61. The van der Waals surface area contributed by atoms with Crippen LogP contribution in [0.25, 0.3) is 10.9 Å². The van der Waals surface area contributed by atoms with E-state index in [1.807, 2.05) is 29.2 Å². The molecule has 0 radical (unpaired) electrons. The SMILES string of the molecule is CN1CCN(C(=O)c2cc3ccc(Cl)cc3[nH]2)CC12CC2. The number of aromatic nitrogens is 1. The second-order valence-corrected chi connectivity index (χ2v) is 6.72. The first kappa shape index (κ1) is 13.2. The molecule has 21 heavy (non-hydrogen) atoms. The molecule has 1 aromatic carbocycles. The minimum absolute atomic E-state index is 0.0988. The molecule has 1 saturated heterocycles. The molecular formula is C16H18ClN3O. The van der Waals surface area contributed by atoms with Crippen LogP contribution in [-0.4, -0.2) is 52.9 Å². The fourth-order valence-electron chi connectivity index (χ4n) is 3.31. The van der Waals surface area contributed by atoms with E-state index in [-0.39, 0.29) is 11.4 Å². The molecular weight excluding hydrogens is 286 g/mol. The van der Waals surface area contributed by atoms with Crippen LogP contribution in [0.5, 0.6) is 0 Å². The van der Waals surface area contributed by atoms with Crippen LogP contribution < -0.4 is 0 Å². The molecule has 0 unspecified atom stereocenters. The average molecular weight is 304 g/mol. The van der Waals surface area contributed by atoms with Gasteiger partial charge in [0.2, 0.25) is 0 Å². The van der Waals surface area contributed by atoms with E-state index in [0.717, 1.165) is 30.5 Å². The van der Waals surface area contributed by atoms with Crippen molar-refractivity contribution in [3.63, 3.8) is 0 Å². The van der Waals surface area contributed by atoms with Gasteiger partial charge in [-0.15, -0.1) is 0 Å². The Labute approximate surface area is 128 Å². The number of amides is 1. The van der Waals surface area contributed by atoms with E-state index in [9.17, 15) is 4.79 Å². The van der Waals surface area contributed by atoms with Crippen LogP contribution in [0.3, 0.4) is 0 Å². The highest BCUT2D eigenvalue weighted by Crippen LogP contribution is 2.43. The second kappa shape index (κ2) is 4.49. The number of nitrogens with zero attached hydrogens (tertiary/aromatic N) is 2. The van der Waals surface area contributed by atoms with Gasteiger partial charge in [-0.2, -0.15) is 0 Å². The normalized spacial score (nSPS) is 21.1. The number of piperazine rings is 1. The molecule has 1 amide bonds. The van der Waals surface area contributed by atoms with E-state index in [1.54, 1.807) is 0 Å². The molecule has 0 bridgehead atoms. The van der Waals surface area contributed by atoms with Gasteiger partial charge < -0.3 is 9.88 Å². The van der Waals surface area contributed by atoms with Crippen molar-refractivity contribution in [1.29, 1.82) is 0 Å². The van der Waals surface area contributed by atoms with Crippen LogP contribution in [-0.2, 0) is 0 Å². The summed E-state index contributed by atoms with van der Waals surface area (Å²) in [6.45, 7) is 2.60. The zero-order chi connectivity index (χ0) is 14.6. The molecule has 1 N–H and O–H groups in total. The lowest BCUT2D eigenvalue weighted by Crippen LogP contribution is -2.54. The summed E-state index contributed by atoms with van der Waals surface area (Å²) in [5, 5.41) is 1.71.